The molecule has 0 amide bonds. The lowest BCUT2D eigenvalue weighted by molar-refractivity contribution is 0.00578. The number of hydrogen-bond acceptors (Lipinski definition) is 6. The van der Waals surface area contributed by atoms with E-state index in [9.17, 15) is 14.6 Å². The van der Waals surface area contributed by atoms with Gasteiger partial charge in [-0.1, -0.05) is 18.2 Å². The lowest BCUT2D eigenvalue weighted by Gasteiger charge is -2.32. The van der Waals surface area contributed by atoms with Gasteiger partial charge in [-0.25, -0.2) is 4.39 Å². The molecule has 0 aromatic heterocycles. The van der Waals surface area contributed by atoms with Crippen molar-refractivity contribution in [3.05, 3.63) is 53.8 Å². The van der Waals surface area contributed by atoms with E-state index in [0.29, 0.717) is 17.6 Å². The molecule has 8 heteroatoms. The van der Waals surface area contributed by atoms with Gasteiger partial charge in [0.1, 0.15) is 12.4 Å². The van der Waals surface area contributed by atoms with Gasteiger partial charge in [0.15, 0.2) is 11.6 Å². The Morgan fingerprint density at radius 3 is 2.26 bits per heavy atom. The molecule has 31 heavy (non-hydrogen) atoms. The maximum absolute atomic E-state index is 14.5. The van der Waals surface area contributed by atoms with Crippen molar-refractivity contribution in [2.24, 2.45) is 0 Å². The molecule has 1 heterocycles. The summed E-state index contributed by atoms with van der Waals surface area (Å²) in [5, 5.41) is 22.9. The minimum Gasteiger partial charge on any atom is -0.508 e. The van der Waals surface area contributed by atoms with Crippen LogP contribution in [0, 0.1) is 5.82 Å². The third-order valence-corrected chi connectivity index (χ3v) is 6.02. The van der Waals surface area contributed by atoms with Crippen LogP contribution >= 0.6 is 0 Å². The number of aromatic hydroxyl groups is 1. The molecule has 1 fully saturated rings. The van der Waals surface area contributed by atoms with E-state index < -0.39 is 30.2 Å². The molecule has 0 radical (unpaired) electrons. The van der Waals surface area contributed by atoms with Gasteiger partial charge in [-0.15, -0.1) is 0 Å². The molecule has 168 valence electrons. The second-order valence-corrected chi connectivity index (χ2v) is 8.91. The topological polar surface area (TPSA) is 80.2 Å². The molecule has 0 aliphatic carbocycles. The van der Waals surface area contributed by atoms with Crippen LogP contribution in [-0.2, 0) is 9.31 Å². The first kappa shape index (κ1) is 23.5. The molecule has 1 aliphatic heterocycles. The monoisotopic (exact) mass is 431 g/mol. The van der Waals surface area contributed by atoms with Crippen molar-refractivity contribution in [1.82, 2.24) is 5.32 Å². The van der Waals surface area contributed by atoms with Crippen LogP contribution in [0.15, 0.2) is 42.5 Å². The van der Waals surface area contributed by atoms with Crippen molar-refractivity contribution >= 4 is 12.6 Å². The third kappa shape index (κ3) is 5.38. The summed E-state index contributed by atoms with van der Waals surface area (Å²) in [5.41, 5.74) is 0.322. The lowest BCUT2D eigenvalue weighted by atomic mass is 9.79. The predicted molar refractivity (Wildman–Crippen MR) is 118 cm³/mol. The standard InChI is InChI=1S/C23H31BFNO5/c1-15(21(28)16-6-9-18(27)10-7-16)26-12-13-29-20-11-8-17(14-19(20)25)24-30-22(2,3)23(4,5)31-24/h6-11,14-15,21,26-28H,12-13H2,1-5H3/t15-,21-/m0/s1. The molecule has 6 nitrogen and oxygen atoms in total. The largest absolute Gasteiger partial charge is 0.508 e. The van der Waals surface area contributed by atoms with E-state index in [1.807, 2.05) is 34.6 Å². The minimum atomic E-state index is -0.739. The molecule has 1 saturated heterocycles. The lowest BCUT2D eigenvalue weighted by Crippen LogP contribution is -2.41. The number of nitrogens with one attached hydrogen (secondary N) is 1. The fourth-order valence-corrected chi connectivity index (χ4v) is 3.28. The van der Waals surface area contributed by atoms with Crippen LogP contribution in [0.5, 0.6) is 11.5 Å². The third-order valence-electron chi connectivity index (χ3n) is 6.02. The molecule has 2 aromatic carbocycles. The molecular weight excluding hydrogens is 400 g/mol. The van der Waals surface area contributed by atoms with E-state index in [4.69, 9.17) is 14.0 Å². The van der Waals surface area contributed by atoms with E-state index >= 15 is 0 Å². The zero-order valence-electron chi connectivity index (χ0n) is 18.7. The summed E-state index contributed by atoms with van der Waals surface area (Å²) >= 11 is 0. The molecule has 2 aromatic rings. The molecule has 2 atom stereocenters. The van der Waals surface area contributed by atoms with Crippen molar-refractivity contribution in [3.63, 3.8) is 0 Å². The Labute approximate surface area is 183 Å². The van der Waals surface area contributed by atoms with Crippen LogP contribution in [0.25, 0.3) is 0 Å². The van der Waals surface area contributed by atoms with E-state index in [2.05, 4.69) is 5.32 Å². The Hall–Kier alpha value is -2.13. The van der Waals surface area contributed by atoms with Gasteiger partial charge in [-0.2, -0.15) is 0 Å². The van der Waals surface area contributed by atoms with Crippen LogP contribution in [0.4, 0.5) is 4.39 Å². The van der Waals surface area contributed by atoms with Gasteiger partial charge >= 0.3 is 7.12 Å². The van der Waals surface area contributed by atoms with Gasteiger partial charge in [0.05, 0.1) is 17.3 Å². The van der Waals surface area contributed by atoms with Gasteiger partial charge in [-0.3, -0.25) is 0 Å². The Balaban J connectivity index is 1.49. The van der Waals surface area contributed by atoms with Crippen LogP contribution in [-0.4, -0.2) is 47.7 Å². The van der Waals surface area contributed by atoms with Crippen molar-refractivity contribution in [1.29, 1.82) is 0 Å². The van der Waals surface area contributed by atoms with Crippen molar-refractivity contribution in [2.75, 3.05) is 13.2 Å². The molecule has 3 N–H and O–H groups in total. The van der Waals surface area contributed by atoms with Crippen LogP contribution in [0.1, 0.15) is 46.3 Å². The highest BCUT2D eigenvalue weighted by atomic mass is 19.1. The zero-order valence-corrected chi connectivity index (χ0v) is 18.7. The molecule has 0 bridgehead atoms. The molecule has 0 saturated carbocycles. The Kier molecular flexibility index (Phi) is 6.96. The SMILES string of the molecule is C[C@H](NCCOc1ccc(B2OC(C)(C)C(C)(C)O2)cc1F)[C@H](O)c1ccc(O)cc1. The van der Waals surface area contributed by atoms with Gasteiger partial charge < -0.3 is 29.6 Å². The number of aliphatic hydroxyl groups excluding tert-OH is 1. The molecular formula is C23H31BFNO5. The van der Waals surface area contributed by atoms with Gasteiger partial charge in [0, 0.05) is 12.6 Å². The van der Waals surface area contributed by atoms with Crippen molar-refractivity contribution in [3.8, 4) is 11.5 Å². The maximum Gasteiger partial charge on any atom is 0.494 e. The highest BCUT2D eigenvalue weighted by molar-refractivity contribution is 6.62. The highest BCUT2D eigenvalue weighted by Gasteiger charge is 2.51. The maximum atomic E-state index is 14.5. The summed E-state index contributed by atoms with van der Waals surface area (Å²) in [4.78, 5) is 0. The fraction of sp³-hybridized carbons (Fsp3) is 0.478. The first-order chi connectivity index (χ1) is 14.5. The normalized spacial score (nSPS) is 19.3. The van der Waals surface area contributed by atoms with Gasteiger partial charge in [-0.05, 0) is 69.9 Å². The minimum absolute atomic E-state index is 0.147. The van der Waals surface area contributed by atoms with Gasteiger partial charge in [0.25, 0.3) is 0 Å². The predicted octanol–water partition coefficient (Wildman–Crippen LogP) is 2.92. The molecule has 1 aliphatic rings. The molecule has 0 spiro atoms. The summed E-state index contributed by atoms with van der Waals surface area (Å²) in [5.74, 6) is -0.185. The number of phenols is 1. The summed E-state index contributed by atoms with van der Waals surface area (Å²) in [7, 11) is -0.627. The summed E-state index contributed by atoms with van der Waals surface area (Å²) < 4.78 is 32.0. The zero-order chi connectivity index (χ0) is 22.8. The first-order valence-corrected chi connectivity index (χ1v) is 10.5. The van der Waals surface area contributed by atoms with Crippen LogP contribution in [0.3, 0.4) is 0 Å². The second-order valence-electron chi connectivity index (χ2n) is 8.91. The average Bonchev–Trinajstić information content (AvgIpc) is 2.93. The second kappa shape index (κ2) is 9.16. The van der Waals surface area contributed by atoms with Crippen molar-refractivity contribution < 1.29 is 28.6 Å². The van der Waals surface area contributed by atoms with E-state index in [0.717, 1.165) is 0 Å². The number of phenolic OH excluding ortho intramolecular Hbond substituents is 1. The summed E-state index contributed by atoms with van der Waals surface area (Å²) in [6.45, 7) is 10.3. The first-order valence-electron chi connectivity index (χ1n) is 10.5. The van der Waals surface area contributed by atoms with E-state index in [-0.39, 0.29) is 24.1 Å². The van der Waals surface area contributed by atoms with E-state index in [1.165, 1.54) is 18.2 Å². The number of hydrogen-bond donors (Lipinski definition) is 3. The van der Waals surface area contributed by atoms with Crippen LogP contribution in [0.2, 0.25) is 0 Å². The number of rotatable bonds is 8. The number of ether oxygens (including phenoxy) is 1. The van der Waals surface area contributed by atoms with Crippen LogP contribution < -0.4 is 15.5 Å². The Morgan fingerprint density at radius 2 is 1.68 bits per heavy atom. The number of halogens is 1. The van der Waals surface area contributed by atoms with Crippen molar-refractivity contribution in [2.45, 2.75) is 58.0 Å². The Morgan fingerprint density at radius 1 is 1.06 bits per heavy atom. The average molecular weight is 431 g/mol. The summed E-state index contributed by atoms with van der Waals surface area (Å²) in [6, 6.07) is 10.9. The van der Waals surface area contributed by atoms with E-state index in [1.54, 1.807) is 24.3 Å². The molecule has 3 rings (SSSR count). The fourth-order valence-electron chi connectivity index (χ4n) is 3.28. The summed E-state index contributed by atoms with van der Waals surface area (Å²) in [6.07, 6.45) is -0.739. The molecule has 0 unspecified atom stereocenters. The number of benzene rings is 2. The highest BCUT2D eigenvalue weighted by Crippen LogP contribution is 2.36. The number of aliphatic hydroxyl groups is 1. The smallest absolute Gasteiger partial charge is 0.494 e. The van der Waals surface area contributed by atoms with Gasteiger partial charge in [0.2, 0.25) is 0 Å². The Bertz CT molecular complexity index is 874. The quantitative estimate of drug-likeness (QED) is 0.441.